The highest BCUT2D eigenvalue weighted by atomic mass is 19.4. The van der Waals surface area contributed by atoms with Crippen molar-refractivity contribution in [2.45, 2.75) is 25.4 Å². The quantitative estimate of drug-likeness (QED) is 0.866. The molecule has 1 aromatic rings. The third-order valence-electron chi connectivity index (χ3n) is 2.92. The van der Waals surface area contributed by atoms with Crippen molar-refractivity contribution in [1.82, 2.24) is 15.3 Å². The van der Waals surface area contributed by atoms with E-state index in [1.165, 1.54) is 6.20 Å². The van der Waals surface area contributed by atoms with E-state index in [0.717, 1.165) is 25.9 Å². The first-order valence-electron chi connectivity index (χ1n) is 5.65. The summed E-state index contributed by atoms with van der Waals surface area (Å²) in [6.07, 6.45) is -0.680. The Balaban J connectivity index is 2.05. The zero-order valence-corrected chi connectivity index (χ0v) is 9.30. The van der Waals surface area contributed by atoms with Crippen molar-refractivity contribution in [1.29, 1.82) is 0 Å². The van der Waals surface area contributed by atoms with Gasteiger partial charge in [0.15, 0.2) is 0 Å². The maximum absolute atomic E-state index is 12.4. The fraction of sp³-hybridized carbons (Fsp3) is 0.636. The molecule has 1 aromatic heterocycles. The van der Waals surface area contributed by atoms with Gasteiger partial charge >= 0.3 is 6.18 Å². The highest BCUT2D eigenvalue weighted by Crippen LogP contribution is 2.26. The number of piperidine rings is 1. The average Bonchev–Trinajstić information content (AvgIpc) is 2.29. The Labute approximate surface area is 97.5 Å². The fourth-order valence-electron chi connectivity index (χ4n) is 2.03. The van der Waals surface area contributed by atoms with Crippen LogP contribution in [0, 0.1) is 5.92 Å². The lowest BCUT2D eigenvalue weighted by Gasteiger charge is -2.22. The Morgan fingerprint density at radius 2 is 2.00 bits per heavy atom. The van der Waals surface area contributed by atoms with E-state index in [0.29, 0.717) is 18.0 Å². The average molecular weight is 245 g/mol. The summed E-state index contributed by atoms with van der Waals surface area (Å²) in [5, 5.41) is 3.22. The molecule has 0 amide bonds. The minimum atomic E-state index is -4.45. The van der Waals surface area contributed by atoms with Crippen LogP contribution in [0.2, 0.25) is 0 Å². The Hall–Kier alpha value is -1.17. The Bertz CT molecular complexity index is 372. The number of nitrogens with one attached hydrogen (secondary N) is 1. The molecule has 1 saturated heterocycles. The third-order valence-corrected chi connectivity index (χ3v) is 2.92. The smallest absolute Gasteiger partial charge is 0.317 e. The third kappa shape index (κ3) is 3.39. The van der Waals surface area contributed by atoms with Gasteiger partial charge < -0.3 is 5.32 Å². The molecule has 1 aliphatic heterocycles. The lowest BCUT2D eigenvalue weighted by Crippen LogP contribution is -2.29. The Morgan fingerprint density at radius 3 is 2.65 bits per heavy atom. The van der Waals surface area contributed by atoms with Gasteiger partial charge in [0.2, 0.25) is 5.82 Å². The molecule has 0 bridgehead atoms. The van der Waals surface area contributed by atoms with E-state index in [1.54, 1.807) is 6.07 Å². The van der Waals surface area contributed by atoms with E-state index in [2.05, 4.69) is 15.3 Å². The summed E-state index contributed by atoms with van der Waals surface area (Å²) < 4.78 is 37.2. The van der Waals surface area contributed by atoms with Gasteiger partial charge in [-0.2, -0.15) is 13.2 Å². The molecule has 3 nitrogen and oxygen atoms in total. The summed E-state index contributed by atoms with van der Waals surface area (Å²) in [5.74, 6) is -0.615. The summed E-state index contributed by atoms with van der Waals surface area (Å²) in [5.41, 5.74) is 0.485. The highest BCUT2D eigenvalue weighted by Gasteiger charge is 2.34. The maximum atomic E-state index is 12.4. The van der Waals surface area contributed by atoms with Crippen molar-refractivity contribution in [3.05, 3.63) is 23.8 Å². The summed E-state index contributed by atoms with van der Waals surface area (Å²) in [6, 6.07) is 1.57. The monoisotopic (exact) mass is 245 g/mol. The molecule has 0 atom stereocenters. The number of alkyl halides is 3. The second kappa shape index (κ2) is 5.00. The predicted octanol–water partition coefficient (Wildman–Crippen LogP) is 2.04. The molecular weight excluding hydrogens is 231 g/mol. The number of nitrogens with zero attached hydrogens (tertiary/aromatic N) is 2. The van der Waals surface area contributed by atoms with Gasteiger partial charge in [0, 0.05) is 11.9 Å². The molecule has 0 aliphatic carbocycles. The molecule has 1 fully saturated rings. The summed E-state index contributed by atoms with van der Waals surface area (Å²) in [6.45, 7) is 1.86. The van der Waals surface area contributed by atoms with Crippen molar-refractivity contribution in [2.75, 3.05) is 13.1 Å². The van der Waals surface area contributed by atoms with Gasteiger partial charge in [-0.25, -0.2) is 9.97 Å². The van der Waals surface area contributed by atoms with Crippen LogP contribution in [-0.4, -0.2) is 23.1 Å². The van der Waals surface area contributed by atoms with E-state index in [9.17, 15) is 13.2 Å². The van der Waals surface area contributed by atoms with Crippen LogP contribution < -0.4 is 5.32 Å². The van der Waals surface area contributed by atoms with Gasteiger partial charge in [-0.3, -0.25) is 0 Å². The van der Waals surface area contributed by atoms with E-state index < -0.39 is 12.0 Å². The standard InChI is InChI=1S/C11H14F3N3/c12-11(13,14)10-16-6-3-9(17-10)7-8-1-4-15-5-2-8/h3,6,8,15H,1-2,4-5,7H2. The zero-order chi connectivity index (χ0) is 12.3. The number of hydrogen-bond acceptors (Lipinski definition) is 3. The van der Waals surface area contributed by atoms with Gasteiger partial charge in [-0.05, 0) is 44.3 Å². The lowest BCUT2D eigenvalue weighted by atomic mass is 9.93. The van der Waals surface area contributed by atoms with Gasteiger partial charge in [0.05, 0.1) is 0 Å². The van der Waals surface area contributed by atoms with E-state index >= 15 is 0 Å². The van der Waals surface area contributed by atoms with Gasteiger partial charge in [0.25, 0.3) is 0 Å². The molecule has 94 valence electrons. The van der Waals surface area contributed by atoms with Crippen LogP contribution >= 0.6 is 0 Å². The molecule has 0 saturated carbocycles. The van der Waals surface area contributed by atoms with Crippen molar-refractivity contribution in [3.8, 4) is 0 Å². The van der Waals surface area contributed by atoms with Crippen LogP contribution in [0.15, 0.2) is 12.3 Å². The minimum absolute atomic E-state index is 0.423. The minimum Gasteiger partial charge on any atom is -0.317 e. The number of rotatable bonds is 2. The Morgan fingerprint density at radius 1 is 1.29 bits per heavy atom. The van der Waals surface area contributed by atoms with Crippen molar-refractivity contribution in [2.24, 2.45) is 5.92 Å². The molecule has 0 unspecified atom stereocenters. The topological polar surface area (TPSA) is 37.8 Å². The largest absolute Gasteiger partial charge is 0.451 e. The highest BCUT2D eigenvalue weighted by molar-refractivity contribution is 5.05. The molecule has 0 radical (unpaired) electrons. The second-order valence-corrected chi connectivity index (χ2v) is 4.27. The molecule has 1 N–H and O–H groups in total. The predicted molar refractivity (Wildman–Crippen MR) is 56.3 cm³/mol. The summed E-state index contributed by atoms with van der Waals surface area (Å²) >= 11 is 0. The van der Waals surface area contributed by atoms with E-state index in [4.69, 9.17) is 0 Å². The van der Waals surface area contributed by atoms with Crippen molar-refractivity contribution >= 4 is 0 Å². The maximum Gasteiger partial charge on any atom is 0.451 e. The molecule has 0 spiro atoms. The molecule has 1 aliphatic rings. The van der Waals surface area contributed by atoms with E-state index in [1.807, 2.05) is 0 Å². The van der Waals surface area contributed by atoms with Gasteiger partial charge in [0.1, 0.15) is 0 Å². The normalized spacial score (nSPS) is 18.3. The molecular formula is C11H14F3N3. The van der Waals surface area contributed by atoms with Crippen LogP contribution in [0.5, 0.6) is 0 Å². The van der Waals surface area contributed by atoms with E-state index in [-0.39, 0.29) is 0 Å². The molecule has 6 heteroatoms. The van der Waals surface area contributed by atoms with Crippen molar-refractivity contribution < 1.29 is 13.2 Å². The lowest BCUT2D eigenvalue weighted by molar-refractivity contribution is -0.145. The first-order valence-corrected chi connectivity index (χ1v) is 5.65. The molecule has 2 heterocycles. The van der Waals surface area contributed by atoms with Crippen LogP contribution in [-0.2, 0) is 12.6 Å². The number of halogens is 3. The van der Waals surface area contributed by atoms with Crippen molar-refractivity contribution in [3.63, 3.8) is 0 Å². The van der Waals surface area contributed by atoms with Crippen LogP contribution in [0.3, 0.4) is 0 Å². The molecule has 17 heavy (non-hydrogen) atoms. The van der Waals surface area contributed by atoms with Gasteiger partial charge in [-0.1, -0.05) is 0 Å². The number of hydrogen-bond donors (Lipinski definition) is 1. The molecule has 2 rings (SSSR count). The SMILES string of the molecule is FC(F)(F)c1nccc(CC2CCNCC2)n1. The number of aromatic nitrogens is 2. The van der Waals surface area contributed by atoms with Crippen LogP contribution in [0.4, 0.5) is 13.2 Å². The first kappa shape index (κ1) is 12.3. The first-order chi connectivity index (χ1) is 8.05. The summed E-state index contributed by atoms with van der Waals surface area (Å²) in [4.78, 5) is 6.84. The summed E-state index contributed by atoms with van der Waals surface area (Å²) in [7, 11) is 0. The van der Waals surface area contributed by atoms with Gasteiger partial charge in [-0.15, -0.1) is 0 Å². The fourth-order valence-corrected chi connectivity index (χ4v) is 2.03. The Kier molecular flexibility index (Phi) is 3.61. The van der Waals surface area contributed by atoms with Crippen LogP contribution in [0.1, 0.15) is 24.4 Å². The second-order valence-electron chi connectivity index (χ2n) is 4.27. The zero-order valence-electron chi connectivity index (χ0n) is 9.30. The molecule has 0 aromatic carbocycles. The van der Waals surface area contributed by atoms with Crippen LogP contribution in [0.25, 0.3) is 0 Å².